The second kappa shape index (κ2) is 7.43. The number of thiophene rings is 1. The van der Waals surface area contributed by atoms with Crippen molar-refractivity contribution in [1.29, 1.82) is 0 Å². The fourth-order valence-electron chi connectivity index (χ4n) is 3.35. The van der Waals surface area contributed by atoms with Crippen LogP contribution in [0.15, 0.2) is 34.7 Å². The molecule has 0 atom stereocenters. The quantitative estimate of drug-likeness (QED) is 0.740. The molecule has 8 nitrogen and oxygen atoms in total. The van der Waals surface area contributed by atoms with Crippen LogP contribution in [0, 0.1) is 12.8 Å². The Bertz CT molecular complexity index is 968. The van der Waals surface area contributed by atoms with Crippen LogP contribution in [-0.4, -0.2) is 48.6 Å². The van der Waals surface area contributed by atoms with Crippen LogP contribution < -0.4 is 5.69 Å². The molecule has 4 heterocycles. The largest absolute Gasteiger partial charge is 0.348 e. The van der Waals surface area contributed by atoms with Gasteiger partial charge in [0.15, 0.2) is 0 Å². The second-order valence-corrected chi connectivity index (χ2v) is 7.64. The van der Waals surface area contributed by atoms with Crippen LogP contribution in [0.25, 0.3) is 5.00 Å². The van der Waals surface area contributed by atoms with E-state index < -0.39 is 0 Å². The first-order valence-corrected chi connectivity index (χ1v) is 9.78. The van der Waals surface area contributed by atoms with Gasteiger partial charge >= 0.3 is 5.69 Å². The molecule has 0 unspecified atom stereocenters. The van der Waals surface area contributed by atoms with Crippen LogP contribution in [0.2, 0.25) is 0 Å². The molecule has 1 aliphatic heterocycles. The van der Waals surface area contributed by atoms with Gasteiger partial charge in [-0.05, 0) is 43.2 Å². The summed E-state index contributed by atoms with van der Waals surface area (Å²) in [6, 6.07) is 3.83. The average molecular weight is 384 g/mol. The van der Waals surface area contributed by atoms with Crippen molar-refractivity contribution in [3.05, 3.63) is 57.6 Å². The number of aryl methyl sites for hydroxylation is 1. The summed E-state index contributed by atoms with van der Waals surface area (Å²) < 4.78 is 1.64. The van der Waals surface area contributed by atoms with Crippen molar-refractivity contribution < 1.29 is 4.79 Å². The third kappa shape index (κ3) is 3.68. The van der Waals surface area contributed by atoms with Gasteiger partial charge in [-0.1, -0.05) is 0 Å². The van der Waals surface area contributed by atoms with Gasteiger partial charge in [-0.15, -0.1) is 11.3 Å². The summed E-state index contributed by atoms with van der Waals surface area (Å²) in [6.07, 6.45) is 5.60. The van der Waals surface area contributed by atoms with Crippen molar-refractivity contribution >= 4 is 17.2 Å². The number of nitrogens with zero attached hydrogens (tertiary/aromatic N) is 5. The lowest BCUT2D eigenvalue weighted by atomic mass is 9.93. The van der Waals surface area contributed by atoms with Crippen molar-refractivity contribution in [2.24, 2.45) is 5.92 Å². The number of aromatic nitrogens is 5. The first-order chi connectivity index (χ1) is 13.1. The molecule has 0 saturated carbocycles. The molecular formula is C18H20N6O2S. The Morgan fingerprint density at radius 3 is 2.78 bits per heavy atom. The SMILES string of the molecule is Cc1cnc(C(=O)N2CCC(Cc3n[nH]c(=O)n3-c3cccs3)CC2)cn1. The first kappa shape index (κ1) is 17.6. The molecule has 0 spiro atoms. The van der Waals surface area contributed by atoms with Crippen LogP contribution in [0.1, 0.15) is 34.8 Å². The lowest BCUT2D eigenvalue weighted by Gasteiger charge is -2.31. The monoisotopic (exact) mass is 384 g/mol. The summed E-state index contributed by atoms with van der Waals surface area (Å²) in [5, 5.41) is 9.57. The van der Waals surface area contributed by atoms with Crippen LogP contribution in [-0.2, 0) is 6.42 Å². The molecule has 140 valence electrons. The maximum atomic E-state index is 12.6. The second-order valence-electron chi connectivity index (χ2n) is 6.71. The number of nitrogens with one attached hydrogen (secondary N) is 1. The van der Waals surface area contributed by atoms with Gasteiger partial charge in [0.05, 0.1) is 11.9 Å². The number of aromatic amines is 1. The van der Waals surface area contributed by atoms with E-state index >= 15 is 0 Å². The van der Waals surface area contributed by atoms with E-state index in [2.05, 4.69) is 20.2 Å². The van der Waals surface area contributed by atoms with Crippen molar-refractivity contribution in [2.45, 2.75) is 26.2 Å². The molecule has 1 saturated heterocycles. The molecule has 0 radical (unpaired) electrons. The van der Waals surface area contributed by atoms with Crippen LogP contribution in [0.5, 0.6) is 0 Å². The lowest BCUT2D eigenvalue weighted by molar-refractivity contribution is 0.0683. The number of piperidine rings is 1. The minimum Gasteiger partial charge on any atom is -0.337 e. The summed E-state index contributed by atoms with van der Waals surface area (Å²) >= 11 is 1.51. The summed E-state index contributed by atoms with van der Waals surface area (Å²) in [4.78, 5) is 34.8. The third-order valence-corrected chi connectivity index (χ3v) is 5.69. The van der Waals surface area contributed by atoms with Gasteiger partial charge in [0.25, 0.3) is 5.91 Å². The molecule has 4 rings (SSSR count). The molecule has 0 aromatic carbocycles. The molecule has 9 heteroatoms. The summed E-state index contributed by atoms with van der Waals surface area (Å²) in [6.45, 7) is 3.19. The summed E-state index contributed by atoms with van der Waals surface area (Å²) in [7, 11) is 0. The van der Waals surface area contributed by atoms with E-state index in [0.29, 0.717) is 31.1 Å². The van der Waals surface area contributed by atoms with E-state index in [1.54, 1.807) is 10.8 Å². The number of likely N-dealkylation sites (tertiary alicyclic amines) is 1. The van der Waals surface area contributed by atoms with Crippen LogP contribution in [0.4, 0.5) is 0 Å². The zero-order valence-electron chi connectivity index (χ0n) is 15.0. The molecule has 1 amide bonds. The van der Waals surface area contributed by atoms with Crippen molar-refractivity contribution in [3.8, 4) is 5.00 Å². The minimum atomic E-state index is -0.210. The molecule has 1 N–H and O–H groups in total. The van der Waals surface area contributed by atoms with Crippen molar-refractivity contribution in [2.75, 3.05) is 13.1 Å². The molecule has 0 bridgehead atoms. The Kier molecular flexibility index (Phi) is 4.85. The lowest BCUT2D eigenvalue weighted by Crippen LogP contribution is -2.39. The Morgan fingerprint density at radius 2 is 2.11 bits per heavy atom. The topological polar surface area (TPSA) is 96.8 Å². The molecule has 1 fully saturated rings. The molecule has 1 aliphatic rings. The van der Waals surface area contributed by atoms with E-state index in [1.165, 1.54) is 17.5 Å². The van der Waals surface area contributed by atoms with E-state index in [0.717, 1.165) is 29.4 Å². The number of hydrogen-bond donors (Lipinski definition) is 1. The number of H-pyrrole nitrogens is 1. The predicted octanol–water partition coefficient (Wildman–Crippen LogP) is 1.82. The Hall–Kier alpha value is -2.81. The standard InChI is InChI=1S/C18H20N6O2S/c1-12-10-20-14(11-19-12)17(25)23-6-4-13(5-7-23)9-15-21-22-18(26)24(15)16-3-2-8-27-16/h2-3,8,10-11,13H,4-7,9H2,1H3,(H,22,26). The highest BCUT2D eigenvalue weighted by Crippen LogP contribution is 2.23. The molecule has 3 aromatic rings. The normalized spacial score (nSPS) is 15.2. The maximum absolute atomic E-state index is 12.6. The smallest absolute Gasteiger partial charge is 0.337 e. The highest BCUT2D eigenvalue weighted by atomic mass is 32.1. The number of rotatable bonds is 4. The fourth-order valence-corrected chi connectivity index (χ4v) is 4.10. The minimum absolute atomic E-state index is 0.0730. The molecule has 0 aliphatic carbocycles. The Balaban J connectivity index is 1.40. The summed E-state index contributed by atoms with van der Waals surface area (Å²) in [5.74, 6) is 1.06. The van der Waals surface area contributed by atoms with E-state index in [9.17, 15) is 9.59 Å². The van der Waals surface area contributed by atoms with Gasteiger partial charge in [-0.3, -0.25) is 9.78 Å². The number of carbonyl (C=O) groups is 1. The van der Waals surface area contributed by atoms with Crippen LogP contribution >= 0.6 is 11.3 Å². The van der Waals surface area contributed by atoms with E-state index in [4.69, 9.17) is 0 Å². The van der Waals surface area contributed by atoms with Gasteiger partial charge in [0.1, 0.15) is 16.5 Å². The summed E-state index contributed by atoms with van der Waals surface area (Å²) in [5.41, 5.74) is 0.969. The number of hydrogen-bond acceptors (Lipinski definition) is 6. The number of amides is 1. The highest BCUT2D eigenvalue weighted by Gasteiger charge is 2.26. The Morgan fingerprint density at radius 1 is 1.30 bits per heavy atom. The fraction of sp³-hybridized carbons (Fsp3) is 0.389. The molecule has 27 heavy (non-hydrogen) atoms. The maximum Gasteiger partial charge on any atom is 0.348 e. The van der Waals surface area contributed by atoms with E-state index in [-0.39, 0.29) is 11.6 Å². The van der Waals surface area contributed by atoms with Crippen LogP contribution in [0.3, 0.4) is 0 Å². The highest BCUT2D eigenvalue weighted by molar-refractivity contribution is 7.12. The predicted molar refractivity (Wildman–Crippen MR) is 101 cm³/mol. The van der Waals surface area contributed by atoms with Crippen molar-refractivity contribution in [3.63, 3.8) is 0 Å². The number of carbonyl (C=O) groups excluding carboxylic acids is 1. The van der Waals surface area contributed by atoms with Gasteiger partial charge in [-0.2, -0.15) is 5.10 Å². The zero-order chi connectivity index (χ0) is 18.8. The molecular weight excluding hydrogens is 364 g/mol. The molecule has 3 aromatic heterocycles. The average Bonchev–Trinajstić information content (AvgIpc) is 3.32. The van der Waals surface area contributed by atoms with Gasteiger partial charge in [0.2, 0.25) is 0 Å². The van der Waals surface area contributed by atoms with Gasteiger partial charge in [0, 0.05) is 25.7 Å². The Labute approximate surface area is 159 Å². The van der Waals surface area contributed by atoms with E-state index in [1.807, 2.05) is 29.3 Å². The zero-order valence-corrected chi connectivity index (χ0v) is 15.8. The van der Waals surface area contributed by atoms with Crippen molar-refractivity contribution in [1.82, 2.24) is 29.6 Å². The third-order valence-electron chi connectivity index (χ3n) is 4.84. The first-order valence-electron chi connectivity index (χ1n) is 8.90. The van der Waals surface area contributed by atoms with Gasteiger partial charge in [-0.25, -0.2) is 19.4 Å². The van der Waals surface area contributed by atoms with Gasteiger partial charge < -0.3 is 4.90 Å².